The average Bonchev–Trinajstić information content (AvgIpc) is 2.16. The van der Waals surface area contributed by atoms with Crippen LogP contribution in [0, 0.1) is 16.7 Å². The molecule has 0 heterocycles. The molecule has 0 spiro atoms. The molecule has 1 aliphatic carbocycles. The van der Waals surface area contributed by atoms with E-state index in [0.29, 0.717) is 11.8 Å². The van der Waals surface area contributed by atoms with Crippen LogP contribution in [0.5, 0.6) is 0 Å². The van der Waals surface area contributed by atoms with E-state index in [4.69, 9.17) is 0 Å². The van der Waals surface area contributed by atoms with Crippen molar-refractivity contribution in [3.63, 3.8) is 0 Å². The molecular weight excluding hydrogens is 150 g/mol. The van der Waals surface area contributed by atoms with Crippen LogP contribution in [0.3, 0.4) is 0 Å². The minimum atomic E-state index is 0.119. The van der Waals surface area contributed by atoms with E-state index in [9.17, 15) is 4.91 Å². The zero-order valence-corrected chi connectivity index (χ0v) is 8.12. The van der Waals surface area contributed by atoms with Crippen molar-refractivity contribution in [3.05, 3.63) is 4.91 Å². The summed E-state index contributed by atoms with van der Waals surface area (Å²) in [5, 5.41) is 3.25. The molecule has 70 valence electrons. The predicted molar refractivity (Wildman–Crippen MR) is 51.0 cm³/mol. The van der Waals surface area contributed by atoms with Crippen LogP contribution < -0.4 is 0 Å². The van der Waals surface area contributed by atoms with Crippen molar-refractivity contribution in [2.45, 2.75) is 52.0 Å². The van der Waals surface area contributed by atoms with Crippen LogP contribution in [0.25, 0.3) is 0 Å². The van der Waals surface area contributed by atoms with Crippen molar-refractivity contribution < 1.29 is 0 Å². The Morgan fingerprint density at radius 1 is 1.42 bits per heavy atom. The molecule has 12 heavy (non-hydrogen) atoms. The summed E-state index contributed by atoms with van der Waals surface area (Å²) in [6.45, 7) is 4.44. The molecule has 0 aromatic carbocycles. The Hall–Kier alpha value is -0.400. The lowest BCUT2D eigenvalue weighted by atomic mass is 9.76. The number of hydrogen-bond acceptors (Lipinski definition) is 2. The highest BCUT2D eigenvalue weighted by atomic mass is 16.3. The van der Waals surface area contributed by atoms with Crippen molar-refractivity contribution in [2.24, 2.45) is 17.0 Å². The third-order valence-corrected chi connectivity index (χ3v) is 3.29. The second-order valence-corrected chi connectivity index (χ2v) is 4.01. The molecule has 0 bridgehead atoms. The SMILES string of the molecule is CCC(C)C1CCCCC1N=O. The van der Waals surface area contributed by atoms with E-state index < -0.39 is 0 Å². The molecule has 1 saturated carbocycles. The lowest BCUT2D eigenvalue weighted by Crippen LogP contribution is -2.27. The molecule has 0 aliphatic heterocycles. The molecule has 2 heteroatoms. The van der Waals surface area contributed by atoms with E-state index in [1.165, 1.54) is 25.7 Å². The predicted octanol–water partition coefficient (Wildman–Crippen LogP) is 3.36. The van der Waals surface area contributed by atoms with Gasteiger partial charge in [0.15, 0.2) is 0 Å². The molecule has 1 rings (SSSR count). The Bertz CT molecular complexity index is 147. The fourth-order valence-electron chi connectivity index (χ4n) is 2.24. The summed E-state index contributed by atoms with van der Waals surface area (Å²) in [7, 11) is 0. The minimum absolute atomic E-state index is 0.119. The smallest absolute Gasteiger partial charge is 0.0950 e. The highest BCUT2D eigenvalue weighted by Crippen LogP contribution is 2.33. The lowest BCUT2D eigenvalue weighted by Gasteiger charge is -2.30. The molecule has 3 unspecified atom stereocenters. The quantitative estimate of drug-likeness (QED) is 0.596. The van der Waals surface area contributed by atoms with Gasteiger partial charge in [0, 0.05) is 0 Å². The van der Waals surface area contributed by atoms with E-state index in [0.717, 1.165) is 6.42 Å². The second-order valence-electron chi connectivity index (χ2n) is 4.01. The molecule has 0 N–H and O–H groups in total. The minimum Gasteiger partial charge on any atom is -0.151 e. The largest absolute Gasteiger partial charge is 0.151 e. The summed E-state index contributed by atoms with van der Waals surface area (Å²) in [4.78, 5) is 10.5. The van der Waals surface area contributed by atoms with E-state index in [-0.39, 0.29) is 6.04 Å². The Kier molecular flexibility index (Phi) is 3.70. The van der Waals surface area contributed by atoms with Crippen LogP contribution in [0.2, 0.25) is 0 Å². The fraction of sp³-hybridized carbons (Fsp3) is 1.00. The first-order valence-corrected chi connectivity index (χ1v) is 5.12. The first-order chi connectivity index (χ1) is 5.79. The maximum absolute atomic E-state index is 10.5. The summed E-state index contributed by atoms with van der Waals surface area (Å²) < 4.78 is 0. The van der Waals surface area contributed by atoms with Gasteiger partial charge in [-0.05, 0) is 24.7 Å². The summed E-state index contributed by atoms with van der Waals surface area (Å²) >= 11 is 0. The maximum atomic E-state index is 10.5. The van der Waals surface area contributed by atoms with Crippen LogP contribution in [0.4, 0.5) is 0 Å². The van der Waals surface area contributed by atoms with Gasteiger partial charge in [-0.3, -0.25) is 0 Å². The highest BCUT2D eigenvalue weighted by molar-refractivity contribution is 4.83. The number of nitroso groups, excluding NO2 is 1. The molecule has 3 atom stereocenters. The molecule has 2 nitrogen and oxygen atoms in total. The molecule has 0 radical (unpaired) electrons. The van der Waals surface area contributed by atoms with E-state index in [1.54, 1.807) is 0 Å². The van der Waals surface area contributed by atoms with E-state index in [2.05, 4.69) is 19.0 Å². The molecule has 0 aromatic rings. The van der Waals surface area contributed by atoms with Gasteiger partial charge in [-0.25, -0.2) is 0 Å². The zero-order valence-electron chi connectivity index (χ0n) is 8.12. The first-order valence-electron chi connectivity index (χ1n) is 5.12. The van der Waals surface area contributed by atoms with Gasteiger partial charge in [-0.2, -0.15) is 4.91 Å². The van der Waals surface area contributed by atoms with Crippen LogP contribution >= 0.6 is 0 Å². The van der Waals surface area contributed by atoms with Gasteiger partial charge in [0.2, 0.25) is 0 Å². The second kappa shape index (κ2) is 4.58. The van der Waals surface area contributed by atoms with Crippen molar-refractivity contribution in [1.82, 2.24) is 0 Å². The van der Waals surface area contributed by atoms with Crippen molar-refractivity contribution in [1.29, 1.82) is 0 Å². The highest BCUT2D eigenvalue weighted by Gasteiger charge is 2.29. The van der Waals surface area contributed by atoms with Gasteiger partial charge in [0.25, 0.3) is 0 Å². The van der Waals surface area contributed by atoms with Crippen LogP contribution in [0.1, 0.15) is 46.0 Å². The molecule has 1 fully saturated rings. The Labute approximate surface area is 74.7 Å². The third kappa shape index (κ3) is 2.05. The standard InChI is InChI=1S/C10H19NO/c1-3-8(2)9-6-4-5-7-10(9)11-12/h8-10H,3-7H2,1-2H3. The van der Waals surface area contributed by atoms with Crippen LogP contribution in [-0.4, -0.2) is 6.04 Å². The van der Waals surface area contributed by atoms with E-state index in [1.807, 2.05) is 0 Å². The molecule has 0 amide bonds. The maximum Gasteiger partial charge on any atom is 0.0950 e. The molecule has 1 aliphatic rings. The normalized spacial score (nSPS) is 32.8. The van der Waals surface area contributed by atoms with Crippen LogP contribution in [-0.2, 0) is 0 Å². The van der Waals surface area contributed by atoms with Gasteiger partial charge in [-0.15, -0.1) is 0 Å². The van der Waals surface area contributed by atoms with Gasteiger partial charge in [0.1, 0.15) is 0 Å². The monoisotopic (exact) mass is 169 g/mol. The lowest BCUT2D eigenvalue weighted by molar-refractivity contribution is 0.223. The van der Waals surface area contributed by atoms with Crippen molar-refractivity contribution in [3.8, 4) is 0 Å². The third-order valence-electron chi connectivity index (χ3n) is 3.29. The van der Waals surface area contributed by atoms with Crippen molar-refractivity contribution in [2.75, 3.05) is 0 Å². The Balaban J connectivity index is 2.51. The van der Waals surface area contributed by atoms with E-state index >= 15 is 0 Å². The number of hydrogen-bond donors (Lipinski definition) is 0. The number of rotatable bonds is 3. The van der Waals surface area contributed by atoms with Gasteiger partial charge >= 0.3 is 0 Å². The summed E-state index contributed by atoms with van der Waals surface area (Å²) in [6, 6.07) is 0.119. The average molecular weight is 169 g/mol. The van der Waals surface area contributed by atoms with Gasteiger partial charge in [-0.1, -0.05) is 38.3 Å². The Morgan fingerprint density at radius 3 is 2.67 bits per heavy atom. The number of nitrogens with zero attached hydrogens (tertiary/aromatic N) is 1. The summed E-state index contributed by atoms with van der Waals surface area (Å²) in [6.07, 6.45) is 5.91. The Morgan fingerprint density at radius 2 is 2.08 bits per heavy atom. The first kappa shape index (κ1) is 9.69. The summed E-state index contributed by atoms with van der Waals surface area (Å²) in [5.41, 5.74) is 0. The molecular formula is C10H19NO. The van der Waals surface area contributed by atoms with Gasteiger partial charge < -0.3 is 0 Å². The molecule has 0 aromatic heterocycles. The van der Waals surface area contributed by atoms with Gasteiger partial charge in [0.05, 0.1) is 6.04 Å². The van der Waals surface area contributed by atoms with Crippen molar-refractivity contribution >= 4 is 0 Å². The fourth-order valence-corrected chi connectivity index (χ4v) is 2.24. The summed E-state index contributed by atoms with van der Waals surface area (Å²) in [5.74, 6) is 1.24. The topological polar surface area (TPSA) is 29.4 Å². The molecule has 0 saturated heterocycles. The van der Waals surface area contributed by atoms with Crippen LogP contribution in [0.15, 0.2) is 5.18 Å². The zero-order chi connectivity index (χ0) is 8.97.